The highest BCUT2D eigenvalue weighted by molar-refractivity contribution is 7.91. The van der Waals surface area contributed by atoms with Crippen molar-refractivity contribution in [2.75, 3.05) is 16.8 Å². The second-order valence-electron chi connectivity index (χ2n) is 7.13. The van der Waals surface area contributed by atoms with Gasteiger partial charge in [0.1, 0.15) is 0 Å². The van der Waals surface area contributed by atoms with Gasteiger partial charge in [-0.1, -0.05) is 0 Å². The minimum Gasteiger partial charge on any atom is -0.366 e. The first-order valence-electron chi connectivity index (χ1n) is 8.83. The van der Waals surface area contributed by atoms with Crippen LogP contribution >= 0.6 is 0 Å². The van der Waals surface area contributed by atoms with Gasteiger partial charge in [0.2, 0.25) is 5.91 Å². The van der Waals surface area contributed by atoms with Crippen molar-refractivity contribution in [2.45, 2.75) is 31.2 Å². The number of aromatic nitrogens is 2. The molecule has 0 radical (unpaired) electrons. The van der Waals surface area contributed by atoms with E-state index in [0.717, 1.165) is 18.5 Å². The van der Waals surface area contributed by atoms with Gasteiger partial charge < -0.3 is 11.1 Å². The largest absolute Gasteiger partial charge is 0.366 e. The standard InChI is InChI=1S/C18H20N4O4S/c19-17(23)12-3-5-13(6-4-12)20-18(24)15-9-16(11-1-2-11)22(21-15)14-7-8-27(25,26)10-14/h3-6,9,11,14H,1-2,7-8,10H2,(H2,19,23)(H,20,24)/t14-/m0/s1. The van der Waals surface area contributed by atoms with Crippen LogP contribution in [-0.2, 0) is 9.84 Å². The Balaban J connectivity index is 1.55. The summed E-state index contributed by atoms with van der Waals surface area (Å²) in [6, 6.07) is 7.82. The van der Waals surface area contributed by atoms with E-state index in [-0.39, 0.29) is 29.1 Å². The fourth-order valence-corrected chi connectivity index (χ4v) is 5.07. The normalized spacial score (nSPS) is 21.1. The Labute approximate surface area is 156 Å². The van der Waals surface area contributed by atoms with E-state index in [2.05, 4.69) is 10.4 Å². The van der Waals surface area contributed by atoms with E-state index in [1.165, 1.54) is 12.1 Å². The lowest BCUT2D eigenvalue weighted by molar-refractivity contribution is 0.0997. The maximum Gasteiger partial charge on any atom is 0.276 e. The highest BCUT2D eigenvalue weighted by Crippen LogP contribution is 2.42. The number of nitrogens with one attached hydrogen (secondary N) is 1. The lowest BCUT2D eigenvalue weighted by atomic mass is 10.2. The highest BCUT2D eigenvalue weighted by atomic mass is 32.2. The molecule has 0 spiro atoms. The molecule has 8 nitrogen and oxygen atoms in total. The third kappa shape index (κ3) is 3.73. The van der Waals surface area contributed by atoms with Crippen molar-refractivity contribution in [1.82, 2.24) is 9.78 Å². The predicted molar refractivity (Wildman–Crippen MR) is 99.4 cm³/mol. The third-order valence-corrected chi connectivity index (χ3v) is 6.72. The monoisotopic (exact) mass is 388 g/mol. The molecule has 1 aromatic heterocycles. The zero-order valence-corrected chi connectivity index (χ0v) is 15.4. The number of hydrogen-bond donors (Lipinski definition) is 2. The Bertz CT molecular complexity index is 1010. The quantitative estimate of drug-likeness (QED) is 0.803. The van der Waals surface area contributed by atoms with Crippen LogP contribution in [0.15, 0.2) is 30.3 Å². The van der Waals surface area contributed by atoms with Crippen LogP contribution < -0.4 is 11.1 Å². The van der Waals surface area contributed by atoms with Crippen LogP contribution in [0, 0.1) is 0 Å². The summed E-state index contributed by atoms with van der Waals surface area (Å²) in [5.41, 5.74) is 7.29. The molecule has 1 atom stereocenters. The molecule has 142 valence electrons. The van der Waals surface area contributed by atoms with E-state index >= 15 is 0 Å². The topological polar surface area (TPSA) is 124 Å². The smallest absolute Gasteiger partial charge is 0.276 e. The number of carbonyl (C=O) groups excluding carboxylic acids is 2. The van der Waals surface area contributed by atoms with Gasteiger partial charge in [-0.15, -0.1) is 0 Å². The maximum atomic E-state index is 12.6. The number of sulfone groups is 1. The Morgan fingerprint density at radius 3 is 2.41 bits per heavy atom. The molecule has 2 fully saturated rings. The Hall–Kier alpha value is -2.68. The minimum absolute atomic E-state index is 0.0735. The van der Waals surface area contributed by atoms with Gasteiger partial charge >= 0.3 is 0 Å². The summed E-state index contributed by atoms with van der Waals surface area (Å²) in [5, 5.41) is 7.17. The van der Waals surface area contributed by atoms with Crippen molar-refractivity contribution in [3.8, 4) is 0 Å². The second-order valence-corrected chi connectivity index (χ2v) is 9.35. The number of amides is 2. The molecule has 9 heteroatoms. The number of benzene rings is 1. The lowest BCUT2D eigenvalue weighted by Crippen LogP contribution is -2.17. The van der Waals surface area contributed by atoms with Crippen molar-refractivity contribution in [3.05, 3.63) is 47.3 Å². The molecule has 4 rings (SSSR count). The molecule has 3 N–H and O–H groups in total. The van der Waals surface area contributed by atoms with Crippen LogP contribution in [0.5, 0.6) is 0 Å². The summed E-state index contributed by atoms with van der Waals surface area (Å²) in [4.78, 5) is 23.7. The van der Waals surface area contributed by atoms with Crippen LogP contribution in [0.3, 0.4) is 0 Å². The predicted octanol–water partition coefficient (Wildman–Crippen LogP) is 1.47. The maximum absolute atomic E-state index is 12.6. The minimum atomic E-state index is -3.04. The molecule has 1 aliphatic carbocycles. The zero-order chi connectivity index (χ0) is 19.2. The lowest BCUT2D eigenvalue weighted by Gasteiger charge is -2.12. The van der Waals surface area contributed by atoms with E-state index in [0.29, 0.717) is 23.6 Å². The van der Waals surface area contributed by atoms with Gasteiger partial charge in [-0.2, -0.15) is 5.10 Å². The molecule has 2 heterocycles. The number of hydrogen-bond acceptors (Lipinski definition) is 5. The number of rotatable bonds is 5. The Morgan fingerprint density at radius 1 is 1.15 bits per heavy atom. The SMILES string of the molecule is NC(=O)c1ccc(NC(=O)c2cc(C3CC3)n([C@H]3CCS(=O)(=O)C3)n2)cc1. The second kappa shape index (κ2) is 6.49. The van der Waals surface area contributed by atoms with E-state index < -0.39 is 15.7 Å². The van der Waals surface area contributed by atoms with Crippen LogP contribution in [0.25, 0.3) is 0 Å². The summed E-state index contributed by atoms with van der Waals surface area (Å²) < 4.78 is 25.4. The van der Waals surface area contributed by atoms with Gasteiger partial charge in [0.05, 0.1) is 17.5 Å². The zero-order valence-electron chi connectivity index (χ0n) is 14.6. The van der Waals surface area contributed by atoms with E-state index in [1.807, 2.05) is 0 Å². The molecule has 1 saturated heterocycles. The van der Waals surface area contributed by atoms with Crippen LogP contribution in [0.1, 0.15) is 57.8 Å². The van der Waals surface area contributed by atoms with E-state index in [1.54, 1.807) is 22.9 Å². The van der Waals surface area contributed by atoms with Crippen LogP contribution in [-0.4, -0.2) is 41.5 Å². The molecule has 2 aromatic rings. The molecule has 0 unspecified atom stereocenters. The van der Waals surface area contributed by atoms with Gasteiger partial charge in [0.25, 0.3) is 5.91 Å². The van der Waals surface area contributed by atoms with Gasteiger partial charge in [-0.3, -0.25) is 14.3 Å². The summed E-state index contributed by atoms with van der Waals surface area (Å²) in [7, 11) is -3.04. The summed E-state index contributed by atoms with van der Waals surface area (Å²) in [6.07, 6.45) is 2.58. The fraction of sp³-hybridized carbons (Fsp3) is 0.389. The number of primary amides is 1. The molecule has 2 aliphatic rings. The molecular formula is C18H20N4O4S. The summed E-state index contributed by atoms with van der Waals surface area (Å²) in [6.45, 7) is 0. The number of carbonyl (C=O) groups is 2. The molecule has 0 bridgehead atoms. The van der Waals surface area contributed by atoms with Crippen LogP contribution in [0.2, 0.25) is 0 Å². The van der Waals surface area contributed by atoms with Gasteiger partial charge in [0, 0.05) is 22.9 Å². The number of anilines is 1. The Morgan fingerprint density at radius 2 is 1.85 bits per heavy atom. The van der Waals surface area contributed by atoms with Crippen molar-refractivity contribution < 1.29 is 18.0 Å². The summed E-state index contributed by atoms with van der Waals surface area (Å²) in [5.74, 6) is -0.327. The van der Waals surface area contributed by atoms with Crippen molar-refractivity contribution in [1.29, 1.82) is 0 Å². The third-order valence-electron chi connectivity index (χ3n) is 4.97. The average molecular weight is 388 g/mol. The number of nitrogens with zero attached hydrogens (tertiary/aromatic N) is 2. The first-order chi connectivity index (χ1) is 12.8. The number of nitrogens with two attached hydrogens (primary N) is 1. The van der Waals surface area contributed by atoms with Gasteiger partial charge in [-0.25, -0.2) is 8.42 Å². The molecule has 1 aliphatic heterocycles. The van der Waals surface area contributed by atoms with Crippen LogP contribution in [0.4, 0.5) is 5.69 Å². The van der Waals surface area contributed by atoms with Crippen molar-refractivity contribution in [2.24, 2.45) is 5.73 Å². The van der Waals surface area contributed by atoms with Gasteiger partial charge in [-0.05, 0) is 49.6 Å². The fourth-order valence-electron chi connectivity index (χ4n) is 3.38. The van der Waals surface area contributed by atoms with E-state index in [9.17, 15) is 18.0 Å². The van der Waals surface area contributed by atoms with E-state index in [4.69, 9.17) is 5.73 Å². The summed E-state index contributed by atoms with van der Waals surface area (Å²) >= 11 is 0. The van der Waals surface area contributed by atoms with Crippen molar-refractivity contribution in [3.63, 3.8) is 0 Å². The molecule has 1 saturated carbocycles. The first kappa shape index (κ1) is 17.7. The molecular weight excluding hydrogens is 368 g/mol. The molecule has 2 amide bonds. The average Bonchev–Trinajstić information content (AvgIpc) is 3.26. The molecule has 27 heavy (non-hydrogen) atoms. The van der Waals surface area contributed by atoms with Crippen molar-refractivity contribution >= 4 is 27.3 Å². The van der Waals surface area contributed by atoms with Gasteiger partial charge in [0.15, 0.2) is 15.5 Å². The first-order valence-corrected chi connectivity index (χ1v) is 10.7. The highest BCUT2D eigenvalue weighted by Gasteiger charge is 2.36. The Kier molecular flexibility index (Phi) is 4.26. The molecule has 1 aromatic carbocycles.